The lowest BCUT2D eigenvalue weighted by molar-refractivity contribution is -0.137. The minimum absolute atomic E-state index is 0.361. The molecule has 2 aromatic rings. The summed E-state index contributed by atoms with van der Waals surface area (Å²) in [6, 6.07) is 9.31. The molecule has 0 heterocycles. The van der Waals surface area contributed by atoms with Gasteiger partial charge in [0, 0.05) is 10.2 Å². The number of benzene rings is 2. The second-order valence-corrected chi connectivity index (χ2v) is 5.77. The first-order chi connectivity index (χ1) is 11.2. The van der Waals surface area contributed by atoms with Crippen LogP contribution < -0.4 is 10.6 Å². The lowest BCUT2D eigenvalue weighted by Crippen LogP contribution is -2.30. The summed E-state index contributed by atoms with van der Waals surface area (Å²) in [5.41, 5.74) is -0.307. The number of alkyl halides is 3. The van der Waals surface area contributed by atoms with Crippen molar-refractivity contribution in [2.45, 2.75) is 13.1 Å². The summed E-state index contributed by atoms with van der Waals surface area (Å²) in [6.07, 6.45) is -4.64. The summed E-state index contributed by atoms with van der Waals surface area (Å²) in [5.74, 6) is -2.25. The molecule has 0 radical (unpaired) electrons. The summed E-state index contributed by atoms with van der Waals surface area (Å²) in [4.78, 5) is 23.7. The Kier molecular flexibility index (Phi) is 5.28. The fourth-order valence-electron chi connectivity index (χ4n) is 1.93. The number of para-hydroxylation sites is 1. The molecule has 0 fully saturated rings. The number of halogens is 4. The minimum Gasteiger partial charge on any atom is -0.318 e. The van der Waals surface area contributed by atoms with Gasteiger partial charge in [-0.2, -0.15) is 13.2 Å². The highest BCUT2D eigenvalue weighted by molar-refractivity contribution is 9.10. The Morgan fingerprint density at radius 2 is 1.62 bits per heavy atom. The van der Waals surface area contributed by atoms with Gasteiger partial charge in [0.25, 0.3) is 0 Å². The number of nitrogens with one attached hydrogen (secondary N) is 2. The Bertz CT molecular complexity index is 791. The van der Waals surface area contributed by atoms with Crippen LogP contribution in [-0.4, -0.2) is 11.8 Å². The minimum atomic E-state index is -4.64. The lowest BCUT2D eigenvalue weighted by atomic mass is 10.1. The Morgan fingerprint density at radius 3 is 2.25 bits per heavy atom. The molecular formula is C16H12BrF3N2O2. The number of hydrogen-bond acceptors (Lipinski definition) is 2. The first kappa shape index (κ1) is 18.0. The monoisotopic (exact) mass is 400 g/mol. The third kappa shape index (κ3) is 4.35. The van der Waals surface area contributed by atoms with Gasteiger partial charge in [0.2, 0.25) is 0 Å². The maximum atomic E-state index is 12.9. The van der Waals surface area contributed by atoms with Crippen molar-refractivity contribution >= 4 is 39.1 Å². The zero-order valence-corrected chi connectivity index (χ0v) is 14.0. The zero-order valence-electron chi connectivity index (χ0n) is 12.4. The SMILES string of the molecule is Cc1cc(NC(=O)C(=O)Nc2ccccc2C(F)(F)F)ccc1Br. The molecule has 0 aliphatic heterocycles. The van der Waals surface area contributed by atoms with E-state index in [0.29, 0.717) is 5.69 Å². The van der Waals surface area contributed by atoms with Crippen molar-refractivity contribution in [1.29, 1.82) is 0 Å². The van der Waals surface area contributed by atoms with Crippen molar-refractivity contribution in [2.24, 2.45) is 0 Å². The summed E-state index contributed by atoms with van der Waals surface area (Å²) in [5, 5.41) is 4.32. The van der Waals surface area contributed by atoms with Gasteiger partial charge in [0.05, 0.1) is 11.3 Å². The summed E-state index contributed by atoms with van der Waals surface area (Å²) >= 11 is 3.30. The van der Waals surface area contributed by atoms with Crippen molar-refractivity contribution in [3.05, 3.63) is 58.1 Å². The van der Waals surface area contributed by atoms with Crippen LogP contribution in [0.15, 0.2) is 46.9 Å². The fraction of sp³-hybridized carbons (Fsp3) is 0.125. The standard InChI is InChI=1S/C16H12BrF3N2O2/c1-9-8-10(6-7-12(9)17)21-14(23)15(24)22-13-5-3-2-4-11(13)16(18,19)20/h2-8H,1H3,(H,21,23)(H,22,24). The van der Waals surface area contributed by atoms with Gasteiger partial charge in [-0.15, -0.1) is 0 Å². The van der Waals surface area contributed by atoms with Crippen LogP contribution in [0.25, 0.3) is 0 Å². The maximum absolute atomic E-state index is 12.9. The molecule has 0 aromatic heterocycles. The second kappa shape index (κ2) is 7.04. The lowest BCUT2D eigenvalue weighted by Gasteiger charge is -2.13. The average Bonchev–Trinajstić information content (AvgIpc) is 2.50. The van der Waals surface area contributed by atoms with Gasteiger partial charge in [-0.25, -0.2) is 0 Å². The largest absolute Gasteiger partial charge is 0.418 e. The van der Waals surface area contributed by atoms with E-state index in [-0.39, 0.29) is 0 Å². The molecule has 24 heavy (non-hydrogen) atoms. The van der Waals surface area contributed by atoms with Crippen molar-refractivity contribution in [1.82, 2.24) is 0 Å². The topological polar surface area (TPSA) is 58.2 Å². The molecule has 0 saturated heterocycles. The molecule has 2 amide bonds. The van der Waals surface area contributed by atoms with Gasteiger partial charge < -0.3 is 10.6 Å². The van der Waals surface area contributed by atoms with Crippen LogP contribution in [0.4, 0.5) is 24.5 Å². The number of amides is 2. The number of aryl methyl sites for hydroxylation is 1. The molecule has 0 spiro atoms. The first-order valence-electron chi connectivity index (χ1n) is 6.73. The Hall–Kier alpha value is -2.35. The molecule has 0 unspecified atom stereocenters. The number of carbonyl (C=O) groups excluding carboxylic acids is 2. The molecule has 4 nitrogen and oxygen atoms in total. The summed E-state index contributed by atoms with van der Waals surface area (Å²) < 4.78 is 39.4. The number of anilines is 2. The third-order valence-electron chi connectivity index (χ3n) is 3.10. The predicted octanol–water partition coefficient (Wildman–Crippen LogP) is 4.35. The Morgan fingerprint density at radius 1 is 1.00 bits per heavy atom. The molecule has 0 bridgehead atoms. The number of rotatable bonds is 2. The van der Waals surface area contributed by atoms with Crippen LogP contribution in [0.3, 0.4) is 0 Å². The van der Waals surface area contributed by atoms with Crippen LogP contribution >= 0.6 is 15.9 Å². The maximum Gasteiger partial charge on any atom is 0.418 e. The normalized spacial score (nSPS) is 11.0. The highest BCUT2D eigenvalue weighted by Crippen LogP contribution is 2.34. The molecular weight excluding hydrogens is 389 g/mol. The Balaban J connectivity index is 2.12. The van der Waals surface area contributed by atoms with Crippen LogP contribution in [0.2, 0.25) is 0 Å². The molecule has 0 aliphatic rings. The van der Waals surface area contributed by atoms with Crippen LogP contribution in [0.1, 0.15) is 11.1 Å². The van der Waals surface area contributed by atoms with E-state index in [0.717, 1.165) is 22.2 Å². The highest BCUT2D eigenvalue weighted by atomic mass is 79.9. The molecule has 8 heteroatoms. The predicted molar refractivity (Wildman–Crippen MR) is 87.6 cm³/mol. The van der Waals surface area contributed by atoms with Gasteiger partial charge in [-0.1, -0.05) is 28.1 Å². The molecule has 0 saturated carbocycles. The van der Waals surface area contributed by atoms with E-state index in [1.807, 2.05) is 5.32 Å². The molecule has 2 aromatic carbocycles. The molecule has 0 aliphatic carbocycles. The van der Waals surface area contributed by atoms with Gasteiger partial charge in [-0.05, 0) is 42.8 Å². The molecule has 2 N–H and O–H groups in total. The van der Waals surface area contributed by atoms with Crippen molar-refractivity contribution < 1.29 is 22.8 Å². The number of carbonyl (C=O) groups is 2. The van der Waals surface area contributed by atoms with Crippen LogP contribution in [0.5, 0.6) is 0 Å². The van der Waals surface area contributed by atoms with Crippen molar-refractivity contribution in [3.63, 3.8) is 0 Å². The van der Waals surface area contributed by atoms with E-state index in [1.54, 1.807) is 25.1 Å². The summed E-state index contributed by atoms with van der Waals surface area (Å²) in [6.45, 7) is 1.79. The second-order valence-electron chi connectivity index (χ2n) is 4.92. The molecule has 0 atom stereocenters. The van der Waals surface area contributed by atoms with Gasteiger partial charge in [0.1, 0.15) is 0 Å². The quantitative estimate of drug-likeness (QED) is 0.736. The van der Waals surface area contributed by atoms with Gasteiger partial charge in [-0.3, -0.25) is 9.59 Å². The van der Waals surface area contributed by atoms with E-state index in [1.165, 1.54) is 12.1 Å². The molecule has 126 valence electrons. The van der Waals surface area contributed by atoms with Crippen LogP contribution in [-0.2, 0) is 15.8 Å². The van der Waals surface area contributed by atoms with E-state index < -0.39 is 29.2 Å². The fourth-order valence-corrected chi connectivity index (χ4v) is 2.18. The third-order valence-corrected chi connectivity index (χ3v) is 3.99. The van der Waals surface area contributed by atoms with E-state index >= 15 is 0 Å². The van der Waals surface area contributed by atoms with Crippen LogP contribution in [0, 0.1) is 6.92 Å². The van der Waals surface area contributed by atoms with E-state index in [4.69, 9.17) is 0 Å². The van der Waals surface area contributed by atoms with Crippen molar-refractivity contribution in [2.75, 3.05) is 10.6 Å². The van der Waals surface area contributed by atoms with Gasteiger partial charge in [0.15, 0.2) is 0 Å². The molecule has 2 rings (SSSR count). The van der Waals surface area contributed by atoms with Crippen molar-refractivity contribution in [3.8, 4) is 0 Å². The van der Waals surface area contributed by atoms with Gasteiger partial charge >= 0.3 is 18.0 Å². The highest BCUT2D eigenvalue weighted by Gasteiger charge is 2.34. The Labute approximate surface area is 144 Å². The van der Waals surface area contributed by atoms with E-state index in [9.17, 15) is 22.8 Å². The first-order valence-corrected chi connectivity index (χ1v) is 7.52. The summed E-state index contributed by atoms with van der Waals surface area (Å²) in [7, 11) is 0. The van der Waals surface area contributed by atoms with E-state index in [2.05, 4.69) is 21.2 Å². The average molecular weight is 401 g/mol. The smallest absolute Gasteiger partial charge is 0.318 e. The zero-order chi connectivity index (χ0) is 17.9. The number of hydrogen-bond donors (Lipinski definition) is 2.